The van der Waals surface area contributed by atoms with E-state index >= 15 is 0 Å². The van der Waals surface area contributed by atoms with E-state index in [1.807, 2.05) is 17.5 Å². The number of thiazole rings is 1. The average molecular weight is 437 g/mol. The summed E-state index contributed by atoms with van der Waals surface area (Å²) in [6.45, 7) is 0. The zero-order valence-corrected chi connectivity index (χ0v) is 17.8. The van der Waals surface area contributed by atoms with Crippen LogP contribution in [0.4, 0.5) is 5.13 Å². The van der Waals surface area contributed by atoms with Crippen molar-refractivity contribution >= 4 is 22.3 Å². The lowest BCUT2D eigenvalue weighted by Crippen LogP contribution is -2.09. The molecule has 4 aromatic rings. The van der Waals surface area contributed by atoms with Crippen LogP contribution in [0.5, 0.6) is 17.2 Å². The maximum absolute atomic E-state index is 13.5. The van der Waals surface area contributed by atoms with Gasteiger partial charge in [-0.1, -0.05) is 6.07 Å². The van der Waals surface area contributed by atoms with Crippen LogP contribution in [0, 0.1) is 0 Å². The van der Waals surface area contributed by atoms with Gasteiger partial charge >= 0.3 is 0 Å². The van der Waals surface area contributed by atoms with E-state index in [0.717, 1.165) is 11.3 Å². The fraction of sp³-hybridized carbons (Fsp3) is 0.143. The quantitative estimate of drug-likeness (QED) is 0.438. The molecule has 0 saturated carbocycles. The van der Waals surface area contributed by atoms with Crippen LogP contribution < -0.4 is 19.9 Å². The Morgan fingerprint density at radius 2 is 1.81 bits per heavy atom. The van der Waals surface area contributed by atoms with Gasteiger partial charge in [0.15, 0.2) is 22.4 Å². The Labute approximate surface area is 182 Å². The molecule has 0 amide bonds. The van der Waals surface area contributed by atoms with E-state index in [2.05, 4.69) is 15.1 Å². The summed E-state index contributed by atoms with van der Waals surface area (Å²) >= 11 is 1.35. The number of rotatable bonds is 7. The molecule has 0 unspecified atom stereocenters. The number of carbonyl (C=O) groups excluding carboxylic acids is 1. The van der Waals surface area contributed by atoms with Crippen LogP contribution >= 0.6 is 11.3 Å². The van der Waals surface area contributed by atoms with Crippen molar-refractivity contribution in [1.29, 1.82) is 0 Å². The fourth-order valence-corrected chi connectivity index (χ4v) is 3.77. The van der Waals surface area contributed by atoms with Crippen LogP contribution in [-0.2, 0) is 0 Å². The lowest BCUT2D eigenvalue weighted by atomic mass is 9.98. The molecule has 0 aliphatic heterocycles. The summed E-state index contributed by atoms with van der Waals surface area (Å²) in [6.07, 6.45) is 2.93. The van der Waals surface area contributed by atoms with E-state index in [4.69, 9.17) is 19.9 Å². The van der Waals surface area contributed by atoms with Gasteiger partial charge in [0.05, 0.1) is 32.7 Å². The Kier molecular flexibility index (Phi) is 5.54. The molecule has 0 spiro atoms. The third-order valence-corrected chi connectivity index (χ3v) is 5.33. The number of ketones is 1. The topological polar surface area (TPSA) is 114 Å². The molecule has 0 bridgehead atoms. The number of methoxy groups -OCH3 is 3. The summed E-state index contributed by atoms with van der Waals surface area (Å²) in [5.74, 6) is 0.952. The van der Waals surface area contributed by atoms with E-state index in [1.165, 1.54) is 50.0 Å². The third kappa shape index (κ3) is 3.80. The van der Waals surface area contributed by atoms with Gasteiger partial charge in [-0.3, -0.25) is 4.79 Å². The zero-order valence-electron chi connectivity index (χ0n) is 17.0. The highest BCUT2D eigenvalue weighted by Crippen LogP contribution is 2.39. The Morgan fingerprint density at radius 3 is 2.35 bits per heavy atom. The molecule has 0 atom stereocenters. The lowest BCUT2D eigenvalue weighted by molar-refractivity contribution is 0.103. The van der Waals surface area contributed by atoms with Crippen molar-refractivity contribution in [2.75, 3.05) is 27.1 Å². The second kappa shape index (κ2) is 8.44. The number of aromatic nitrogens is 4. The van der Waals surface area contributed by atoms with Gasteiger partial charge < -0.3 is 19.9 Å². The first-order valence-corrected chi connectivity index (χ1v) is 9.98. The molecule has 2 aromatic carbocycles. The molecule has 31 heavy (non-hydrogen) atoms. The third-order valence-electron chi connectivity index (χ3n) is 4.65. The zero-order chi connectivity index (χ0) is 22.0. The van der Waals surface area contributed by atoms with Gasteiger partial charge in [-0.25, -0.2) is 14.6 Å². The van der Waals surface area contributed by atoms with Crippen molar-refractivity contribution in [3.05, 3.63) is 59.5 Å². The second-order valence-corrected chi connectivity index (χ2v) is 7.28. The number of carbonyl (C=O) groups is 1. The predicted octanol–water partition coefficient (Wildman–Crippen LogP) is 3.23. The summed E-state index contributed by atoms with van der Waals surface area (Å²) in [4.78, 5) is 21.8. The Balaban J connectivity index is 1.85. The fourth-order valence-electron chi connectivity index (χ4n) is 3.19. The van der Waals surface area contributed by atoms with Gasteiger partial charge in [-0.05, 0) is 24.3 Å². The van der Waals surface area contributed by atoms with E-state index in [9.17, 15) is 4.79 Å². The SMILES string of the molecule is COc1cc(C(=O)c2ccc(-c3csc(N)n3)cc2-n2cncn2)cc(OC)c1OC. The monoisotopic (exact) mass is 437 g/mol. The predicted molar refractivity (Wildman–Crippen MR) is 116 cm³/mol. The van der Waals surface area contributed by atoms with Crippen molar-refractivity contribution in [2.24, 2.45) is 0 Å². The summed E-state index contributed by atoms with van der Waals surface area (Å²) in [5, 5.41) is 6.52. The first-order chi connectivity index (χ1) is 15.0. The molecule has 158 valence electrons. The highest BCUT2D eigenvalue weighted by molar-refractivity contribution is 7.13. The summed E-state index contributed by atoms with van der Waals surface area (Å²) < 4.78 is 17.6. The van der Waals surface area contributed by atoms with Crippen LogP contribution in [0.25, 0.3) is 16.9 Å². The molecule has 10 heteroatoms. The molecule has 0 aliphatic carbocycles. The van der Waals surface area contributed by atoms with Gasteiger partial charge in [-0.15, -0.1) is 11.3 Å². The molecule has 2 N–H and O–H groups in total. The minimum Gasteiger partial charge on any atom is -0.493 e. The van der Waals surface area contributed by atoms with Crippen molar-refractivity contribution in [3.8, 4) is 34.2 Å². The van der Waals surface area contributed by atoms with E-state index in [0.29, 0.717) is 39.2 Å². The molecule has 2 aromatic heterocycles. The van der Waals surface area contributed by atoms with E-state index < -0.39 is 0 Å². The lowest BCUT2D eigenvalue weighted by Gasteiger charge is -2.15. The second-order valence-electron chi connectivity index (χ2n) is 6.39. The standard InChI is InChI=1S/C21H19N5O4S/c1-28-17-7-13(8-18(29-2)20(17)30-3)19(27)14-5-4-12(15-9-31-21(22)25-15)6-16(14)26-11-23-10-24-26/h4-11H,1-3H3,(H2,22,25). The van der Waals surface area contributed by atoms with E-state index in [1.54, 1.807) is 18.2 Å². The number of nitrogens with zero attached hydrogens (tertiary/aromatic N) is 4. The van der Waals surface area contributed by atoms with Crippen LogP contribution in [0.2, 0.25) is 0 Å². The maximum atomic E-state index is 13.5. The van der Waals surface area contributed by atoms with Crippen molar-refractivity contribution in [3.63, 3.8) is 0 Å². The molecular weight excluding hydrogens is 418 g/mol. The van der Waals surface area contributed by atoms with Crippen LogP contribution in [0.3, 0.4) is 0 Å². The number of anilines is 1. The van der Waals surface area contributed by atoms with Gasteiger partial charge in [0.1, 0.15) is 12.7 Å². The largest absolute Gasteiger partial charge is 0.493 e. The molecule has 4 rings (SSSR count). The molecular formula is C21H19N5O4S. The molecule has 9 nitrogen and oxygen atoms in total. The first-order valence-electron chi connectivity index (χ1n) is 9.10. The first kappa shape index (κ1) is 20.4. The van der Waals surface area contributed by atoms with Crippen LogP contribution in [0.1, 0.15) is 15.9 Å². The number of ether oxygens (including phenoxy) is 3. The van der Waals surface area contributed by atoms with Gasteiger partial charge in [0, 0.05) is 22.1 Å². The van der Waals surface area contributed by atoms with Crippen molar-refractivity contribution in [2.45, 2.75) is 0 Å². The molecule has 2 heterocycles. The molecule has 0 aliphatic rings. The molecule has 0 radical (unpaired) electrons. The highest BCUT2D eigenvalue weighted by Gasteiger charge is 2.21. The normalized spacial score (nSPS) is 10.7. The number of hydrogen-bond acceptors (Lipinski definition) is 9. The van der Waals surface area contributed by atoms with Gasteiger partial charge in [0.25, 0.3) is 0 Å². The number of hydrogen-bond donors (Lipinski definition) is 1. The number of nitrogens with two attached hydrogens (primary N) is 1. The Morgan fingerprint density at radius 1 is 1.06 bits per heavy atom. The Bertz CT molecular complexity index is 1210. The maximum Gasteiger partial charge on any atom is 0.203 e. The summed E-state index contributed by atoms with van der Waals surface area (Å²) in [7, 11) is 4.51. The Hall–Kier alpha value is -3.92. The number of nitrogen functional groups attached to an aromatic ring is 1. The average Bonchev–Trinajstić information content (AvgIpc) is 3.49. The van der Waals surface area contributed by atoms with Crippen molar-refractivity contribution in [1.82, 2.24) is 19.7 Å². The molecule has 0 fully saturated rings. The highest BCUT2D eigenvalue weighted by atomic mass is 32.1. The van der Waals surface area contributed by atoms with E-state index in [-0.39, 0.29) is 5.78 Å². The smallest absolute Gasteiger partial charge is 0.203 e. The minimum absolute atomic E-state index is 0.242. The van der Waals surface area contributed by atoms with Crippen LogP contribution in [-0.4, -0.2) is 46.9 Å². The molecule has 0 saturated heterocycles. The summed E-state index contributed by atoms with van der Waals surface area (Å²) in [5.41, 5.74) is 8.65. The number of benzene rings is 2. The minimum atomic E-state index is -0.242. The summed E-state index contributed by atoms with van der Waals surface area (Å²) in [6, 6.07) is 8.61. The van der Waals surface area contributed by atoms with Crippen LogP contribution in [0.15, 0.2) is 48.4 Å². The van der Waals surface area contributed by atoms with Gasteiger partial charge in [0.2, 0.25) is 5.75 Å². The van der Waals surface area contributed by atoms with Gasteiger partial charge in [-0.2, -0.15) is 5.10 Å². The van der Waals surface area contributed by atoms with Crippen molar-refractivity contribution < 1.29 is 19.0 Å².